The summed E-state index contributed by atoms with van der Waals surface area (Å²) in [6, 6.07) is 38.6. The van der Waals surface area contributed by atoms with Gasteiger partial charge in [-0.2, -0.15) is 0 Å². The van der Waals surface area contributed by atoms with Crippen LogP contribution in [0.15, 0.2) is 121 Å². The molecule has 5 rings (SSSR count). The zero-order chi connectivity index (χ0) is 23.5. The summed E-state index contributed by atoms with van der Waals surface area (Å²) < 4.78 is 0. The van der Waals surface area contributed by atoms with Gasteiger partial charge in [0.25, 0.3) is 0 Å². The zero-order valence-corrected chi connectivity index (χ0v) is 18.3. The van der Waals surface area contributed by atoms with E-state index < -0.39 is 5.97 Å². The van der Waals surface area contributed by atoms with Crippen molar-refractivity contribution in [1.29, 1.82) is 0 Å². The summed E-state index contributed by atoms with van der Waals surface area (Å²) in [5.74, 6) is -0.978. The molecule has 0 saturated carbocycles. The lowest BCUT2D eigenvalue weighted by atomic mass is 9.92. The third-order valence-corrected chi connectivity index (χ3v) is 5.96. The van der Waals surface area contributed by atoms with Crippen LogP contribution in [0.4, 0.5) is 0 Å². The molecule has 3 nitrogen and oxygen atoms in total. The molecule has 0 saturated heterocycles. The van der Waals surface area contributed by atoms with Gasteiger partial charge in [0.2, 0.25) is 0 Å². The summed E-state index contributed by atoms with van der Waals surface area (Å²) in [6.45, 7) is 0. The van der Waals surface area contributed by atoms with Crippen LogP contribution < -0.4 is 0 Å². The maximum Gasteiger partial charge on any atom is 0.335 e. The third kappa shape index (κ3) is 4.19. The summed E-state index contributed by atoms with van der Waals surface area (Å²) in [5.41, 5.74) is 6.90. The minimum atomic E-state index is -1.04. The Morgan fingerprint density at radius 1 is 0.471 bits per heavy atom. The number of carboxylic acid groups (broad SMARTS) is 1. The zero-order valence-electron chi connectivity index (χ0n) is 18.3. The Labute approximate surface area is 198 Å². The first-order chi connectivity index (χ1) is 16.6. The fourth-order valence-corrected chi connectivity index (χ4v) is 4.14. The summed E-state index contributed by atoms with van der Waals surface area (Å²) in [7, 11) is 0. The molecule has 0 atom stereocenters. The van der Waals surface area contributed by atoms with E-state index in [9.17, 15) is 15.0 Å². The second-order valence-corrected chi connectivity index (χ2v) is 8.11. The molecular formula is C31H22O3. The number of phenolic OH excluding ortho intramolecular Hbond substituents is 1. The highest BCUT2D eigenvalue weighted by Gasteiger charge is 2.17. The first kappa shape index (κ1) is 21.2. The molecule has 2 N–H and O–H groups in total. The Hall–Kier alpha value is -4.63. The maximum absolute atomic E-state index is 11.9. The van der Waals surface area contributed by atoms with Crippen molar-refractivity contribution < 1.29 is 15.0 Å². The smallest absolute Gasteiger partial charge is 0.335 e. The second-order valence-electron chi connectivity index (χ2n) is 8.11. The van der Waals surface area contributed by atoms with Crippen LogP contribution in [0.2, 0.25) is 0 Å². The van der Waals surface area contributed by atoms with E-state index in [-0.39, 0.29) is 11.3 Å². The van der Waals surface area contributed by atoms with Gasteiger partial charge in [-0.3, -0.25) is 0 Å². The average molecular weight is 443 g/mol. The molecule has 0 aliphatic rings. The van der Waals surface area contributed by atoms with Crippen molar-refractivity contribution in [3.8, 4) is 50.3 Å². The van der Waals surface area contributed by atoms with Gasteiger partial charge >= 0.3 is 5.97 Å². The lowest BCUT2D eigenvalue weighted by Gasteiger charge is -2.13. The molecule has 0 aromatic heterocycles. The first-order valence-corrected chi connectivity index (χ1v) is 11.0. The molecular weight excluding hydrogens is 420 g/mol. The number of benzene rings is 5. The van der Waals surface area contributed by atoms with Gasteiger partial charge in [-0.15, -0.1) is 0 Å². The van der Waals surface area contributed by atoms with E-state index >= 15 is 0 Å². The fourth-order valence-electron chi connectivity index (χ4n) is 4.14. The Bertz CT molecular complexity index is 1330. The molecule has 5 aromatic rings. The Morgan fingerprint density at radius 2 is 0.794 bits per heavy atom. The number of phenols is 1. The van der Waals surface area contributed by atoms with Crippen LogP contribution in [-0.4, -0.2) is 16.2 Å². The van der Waals surface area contributed by atoms with E-state index in [1.807, 2.05) is 109 Å². The standard InChI is InChI=1S/C31H22O3/c32-30-28(25-15-11-23(12-16-25)21-7-3-1-4-8-21)19-27(31(33)34)20-29(30)26-17-13-24(14-18-26)22-9-5-2-6-10-22/h1-20,32H,(H,33,34). The summed E-state index contributed by atoms with van der Waals surface area (Å²) in [6.07, 6.45) is 0. The van der Waals surface area contributed by atoms with E-state index in [2.05, 4.69) is 0 Å². The van der Waals surface area contributed by atoms with Crippen LogP contribution in [0.25, 0.3) is 44.5 Å². The fraction of sp³-hybridized carbons (Fsp3) is 0. The van der Waals surface area contributed by atoms with E-state index in [0.717, 1.165) is 33.4 Å². The monoisotopic (exact) mass is 442 g/mol. The van der Waals surface area contributed by atoms with Crippen molar-refractivity contribution in [2.24, 2.45) is 0 Å². The van der Waals surface area contributed by atoms with E-state index in [1.165, 1.54) is 12.1 Å². The molecule has 34 heavy (non-hydrogen) atoms. The van der Waals surface area contributed by atoms with Gasteiger partial charge in [-0.1, -0.05) is 109 Å². The van der Waals surface area contributed by atoms with Crippen molar-refractivity contribution >= 4 is 5.97 Å². The predicted octanol–water partition coefficient (Wildman–Crippen LogP) is 7.76. The van der Waals surface area contributed by atoms with Gasteiger partial charge in [-0.25, -0.2) is 4.79 Å². The molecule has 0 amide bonds. The quantitative estimate of drug-likeness (QED) is 0.292. The Balaban J connectivity index is 1.56. The van der Waals surface area contributed by atoms with Gasteiger partial charge in [0.15, 0.2) is 0 Å². The number of hydrogen-bond donors (Lipinski definition) is 2. The number of aromatic carboxylic acids is 1. The molecule has 0 heterocycles. The molecule has 0 spiro atoms. The van der Waals surface area contributed by atoms with Gasteiger partial charge in [0, 0.05) is 11.1 Å². The first-order valence-electron chi connectivity index (χ1n) is 11.0. The van der Waals surface area contributed by atoms with Gasteiger partial charge in [-0.05, 0) is 45.5 Å². The van der Waals surface area contributed by atoms with Crippen molar-refractivity contribution in [3.63, 3.8) is 0 Å². The van der Waals surface area contributed by atoms with Crippen LogP contribution in [0.1, 0.15) is 10.4 Å². The third-order valence-electron chi connectivity index (χ3n) is 5.96. The summed E-state index contributed by atoms with van der Waals surface area (Å²) in [4.78, 5) is 11.9. The lowest BCUT2D eigenvalue weighted by molar-refractivity contribution is 0.0697. The largest absolute Gasteiger partial charge is 0.507 e. The van der Waals surface area contributed by atoms with Crippen molar-refractivity contribution in [1.82, 2.24) is 0 Å². The van der Waals surface area contributed by atoms with Crippen molar-refractivity contribution in [2.45, 2.75) is 0 Å². The SMILES string of the molecule is O=C(O)c1cc(-c2ccc(-c3ccccc3)cc2)c(O)c(-c2ccc(-c3ccccc3)cc2)c1. The number of aromatic hydroxyl groups is 1. The number of carbonyl (C=O) groups is 1. The van der Waals surface area contributed by atoms with E-state index in [4.69, 9.17) is 0 Å². The highest BCUT2D eigenvalue weighted by Crippen LogP contribution is 2.40. The highest BCUT2D eigenvalue weighted by atomic mass is 16.4. The van der Waals surface area contributed by atoms with Crippen LogP contribution in [0, 0.1) is 0 Å². The minimum Gasteiger partial charge on any atom is -0.507 e. The van der Waals surface area contributed by atoms with Crippen LogP contribution in [-0.2, 0) is 0 Å². The van der Waals surface area contributed by atoms with Crippen molar-refractivity contribution in [2.75, 3.05) is 0 Å². The molecule has 0 aliphatic heterocycles. The molecule has 0 radical (unpaired) electrons. The second kappa shape index (κ2) is 9.08. The van der Waals surface area contributed by atoms with Gasteiger partial charge in [0.05, 0.1) is 5.56 Å². The Kier molecular flexibility index (Phi) is 5.67. The van der Waals surface area contributed by atoms with E-state index in [1.54, 1.807) is 0 Å². The molecule has 0 bridgehead atoms. The average Bonchev–Trinajstić information content (AvgIpc) is 2.90. The number of hydrogen-bond acceptors (Lipinski definition) is 2. The minimum absolute atomic E-state index is 0.0601. The molecule has 164 valence electrons. The van der Waals surface area contributed by atoms with Gasteiger partial charge < -0.3 is 10.2 Å². The molecule has 0 unspecified atom stereocenters. The highest BCUT2D eigenvalue weighted by molar-refractivity contribution is 5.95. The van der Waals surface area contributed by atoms with Crippen LogP contribution >= 0.6 is 0 Å². The summed E-state index contributed by atoms with van der Waals surface area (Å²) >= 11 is 0. The van der Waals surface area contributed by atoms with Crippen LogP contribution in [0.5, 0.6) is 5.75 Å². The van der Waals surface area contributed by atoms with Crippen molar-refractivity contribution in [3.05, 3.63) is 127 Å². The lowest BCUT2D eigenvalue weighted by Crippen LogP contribution is -1.98. The molecule has 0 aliphatic carbocycles. The van der Waals surface area contributed by atoms with Gasteiger partial charge in [0.1, 0.15) is 5.75 Å². The number of carboxylic acids is 1. The molecule has 3 heteroatoms. The topological polar surface area (TPSA) is 57.5 Å². The maximum atomic E-state index is 11.9. The molecule has 0 fully saturated rings. The molecule has 5 aromatic carbocycles. The van der Waals surface area contributed by atoms with Crippen LogP contribution in [0.3, 0.4) is 0 Å². The predicted molar refractivity (Wildman–Crippen MR) is 137 cm³/mol. The Morgan fingerprint density at radius 3 is 1.15 bits per heavy atom. The van der Waals surface area contributed by atoms with E-state index in [0.29, 0.717) is 11.1 Å². The summed E-state index contributed by atoms with van der Waals surface area (Å²) in [5, 5.41) is 20.9. The number of rotatable bonds is 5. The normalized spacial score (nSPS) is 10.7.